The number of amides is 1. The molecule has 0 spiro atoms. The number of hydrogen-bond donors (Lipinski definition) is 0. The minimum absolute atomic E-state index is 0.00864. The zero-order chi connectivity index (χ0) is 20.3. The summed E-state index contributed by atoms with van der Waals surface area (Å²) in [4.78, 5) is 24.4. The molecule has 1 fully saturated rings. The van der Waals surface area contributed by atoms with Gasteiger partial charge >= 0.3 is 0 Å². The Labute approximate surface area is 162 Å². The minimum atomic E-state index is -3.78. The van der Waals surface area contributed by atoms with Gasteiger partial charge in [-0.25, -0.2) is 8.42 Å². The van der Waals surface area contributed by atoms with Crippen LogP contribution >= 0.6 is 0 Å². The molecule has 1 aliphatic heterocycles. The second-order valence-electron chi connectivity index (χ2n) is 6.18. The summed E-state index contributed by atoms with van der Waals surface area (Å²) in [7, 11) is -2.26. The van der Waals surface area contributed by atoms with E-state index in [2.05, 4.69) is 0 Å². The normalized spacial score (nSPS) is 15.2. The van der Waals surface area contributed by atoms with Gasteiger partial charge in [-0.3, -0.25) is 14.9 Å². The molecule has 1 amide bonds. The summed E-state index contributed by atoms with van der Waals surface area (Å²) in [5.74, 6) is 0.386. The Morgan fingerprint density at radius 2 is 1.71 bits per heavy atom. The first-order valence-electron chi connectivity index (χ1n) is 8.51. The third-order valence-corrected chi connectivity index (χ3v) is 6.44. The number of carbonyl (C=O) groups excluding carboxylic acids is 1. The van der Waals surface area contributed by atoms with E-state index >= 15 is 0 Å². The Balaban J connectivity index is 1.68. The summed E-state index contributed by atoms with van der Waals surface area (Å²) in [6, 6.07) is 11.6. The highest BCUT2D eigenvalue weighted by molar-refractivity contribution is 7.89. The molecular formula is C18H19N3O6S. The molecule has 10 heteroatoms. The van der Waals surface area contributed by atoms with E-state index in [0.717, 1.165) is 12.1 Å². The molecule has 1 heterocycles. The van der Waals surface area contributed by atoms with Gasteiger partial charge in [0.05, 0.1) is 16.9 Å². The van der Waals surface area contributed by atoms with Crippen LogP contribution in [0.15, 0.2) is 53.4 Å². The van der Waals surface area contributed by atoms with Crippen molar-refractivity contribution in [3.8, 4) is 5.75 Å². The van der Waals surface area contributed by atoms with Crippen LogP contribution in [0, 0.1) is 10.1 Å². The maximum absolute atomic E-state index is 12.7. The molecule has 0 aromatic heterocycles. The lowest BCUT2D eigenvalue weighted by atomic mass is 10.1. The number of carbonyl (C=O) groups is 1. The number of nitro benzene ring substituents is 1. The fraction of sp³-hybridized carbons (Fsp3) is 0.278. The van der Waals surface area contributed by atoms with Gasteiger partial charge in [-0.15, -0.1) is 0 Å². The van der Waals surface area contributed by atoms with Crippen molar-refractivity contribution >= 4 is 21.6 Å². The van der Waals surface area contributed by atoms with Crippen LogP contribution in [0.3, 0.4) is 0 Å². The van der Waals surface area contributed by atoms with Gasteiger partial charge in [-0.2, -0.15) is 4.31 Å². The number of piperazine rings is 1. The van der Waals surface area contributed by atoms with Crippen molar-refractivity contribution in [1.82, 2.24) is 9.21 Å². The summed E-state index contributed by atoms with van der Waals surface area (Å²) in [6.07, 6.45) is 0. The highest BCUT2D eigenvalue weighted by Gasteiger charge is 2.30. The number of ether oxygens (including phenoxy) is 1. The molecule has 0 bridgehead atoms. The van der Waals surface area contributed by atoms with Crippen molar-refractivity contribution in [3.63, 3.8) is 0 Å². The molecule has 0 radical (unpaired) electrons. The van der Waals surface area contributed by atoms with E-state index in [4.69, 9.17) is 4.74 Å². The van der Waals surface area contributed by atoms with Crippen molar-refractivity contribution in [2.75, 3.05) is 33.3 Å². The number of non-ortho nitro benzene ring substituents is 1. The number of methoxy groups -OCH3 is 1. The van der Waals surface area contributed by atoms with E-state index < -0.39 is 14.9 Å². The summed E-state index contributed by atoms with van der Waals surface area (Å²) in [5, 5.41) is 10.7. The maximum atomic E-state index is 12.7. The number of sulfonamides is 1. The SMILES string of the molecule is COc1cccc(C(=O)N2CCN(S(=O)(=O)c3ccc([N+](=O)[O-])cc3)CC2)c1. The molecule has 0 aliphatic carbocycles. The molecule has 0 saturated carbocycles. The summed E-state index contributed by atoms with van der Waals surface area (Å²) < 4.78 is 31.9. The third-order valence-electron chi connectivity index (χ3n) is 4.53. The van der Waals surface area contributed by atoms with Crippen LogP contribution in [-0.4, -0.2) is 61.7 Å². The second-order valence-corrected chi connectivity index (χ2v) is 8.12. The minimum Gasteiger partial charge on any atom is -0.497 e. The predicted molar refractivity (Wildman–Crippen MR) is 101 cm³/mol. The first-order chi connectivity index (χ1) is 13.3. The van der Waals surface area contributed by atoms with Crippen LogP contribution in [0.2, 0.25) is 0 Å². The standard InChI is InChI=1S/C18H19N3O6S/c1-27-16-4-2-3-14(13-16)18(22)19-9-11-20(12-10-19)28(25,26)17-7-5-15(6-8-17)21(23)24/h2-8,13H,9-12H2,1H3. The molecule has 1 aliphatic rings. The number of hydrogen-bond acceptors (Lipinski definition) is 6. The molecule has 148 valence electrons. The first-order valence-corrected chi connectivity index (χ1v) is 9.95. The van der Waals surface area contributed by atoms with Crippen LogP contribution in [0.1, 0.15) is 10.4 Å². The van der Waals surface area contributed by atoms with Crippen molar-refractivity contribution in [3.05, 3.63) is 64.2 Å². The first kappa shape index (κ1) is 19.8. The largest absolute Gasteiger partial charge is 0.497 e. The number of rotatable bonds is 5. The van der Waals surface area contributed by atoms with E-state index in [9.17, 15) is 23.3 Å². The smallest absolute Gasteiger partial charge is 0.269 e. The van der Waals surface area contributed by atoms with Crippen LogP contribution in [0.5, 0.6) is 5.75 Å². The van der Waals surface area contributed by atoms with Crippen molar-refractivity contribution in [1.29, 1.82) is 0 Å². The molecule has 2 aromatic rings. The van der Waals surface area contributed by atoms with E-state index in [-0.39, 0.29) is 42.7 Å². The highest BCUT2D eigenvalue weighted by Crippen LogP contribution is 2.22. The molecule has 9 nitrogen and oxygen atoms in total. The van der Waals surface area contributed by atoms with Gasteiger partial charge in [-0.1, -0.05) is 6.07 Å². The van der Waals surface area contributed by atoms with Gasteiger partial charge in [0.1, 0.15) is 5.75 Å². The molecular weight excluding hydrogens is 386 g/mol. The van der Waals surface area contributed by atoms with E-state index in [1.807, 2.05) is 0 Å². The Bertz CT molecular complexity index is 983. The Kier molecular flexibility index (Phi) is 5.61. The molecule has 0 N–H and O–H groups in total. The quantitative estimate of drug-likeness (QED) is 0.554. The fourth-order valence-corrected chi connectivity index (χ4v) is 4.38. The van der Waals surface area contributed by atoms with Crippen LogP contribution in [0.4, 0.5) is 5.69 Å². The van der Waals surface area contributed by atoms with E-state index in [0.29, 0.717) is 11.3 Å². The van der Waals surface area contributed by atoms with Gasteiger partial charge in [-0.05, 0) is 30.3 Å². The second kappa shape index (κ2) is 7.95. The Morgan fingerprint density at radius 3 is 2.29 bits per heavy atom. The number of nitrogens with zero attached hydrogens (tertiary/aromatic N) is 3. The third kappa shape index (κ3) is 3.97. The van der Waals surface area contributed by atoms with Gasteiger partial charge in [0.15, 0.2) is 0 Å². The van der Waals surface area contributed by atoms with Gasteiger partial charge in [0.2, 0.25) is 10.0 Å². The molecule has 28 heavy (non-hydrogen) atoms. The molecule has 0 unspecified atom stereocenters. The zero-order valence-corrected chi connectivity index (χ0v) is 16.0. The average molecular weight is 405 g/mol. The van der Waals surface area contributed by atoms with Gasteiger partial charge in [0.25, 0.3) is 11.6 Å². The summed E-state index contributed by atoms with van der Waals surface area (Å²) in [6.45, 7) is 0.800. The summed E-state index contributed by atoms with van der Waals surface area (Å²) in [5.41, 5.74) is 0.304. The van der Waals surface area contributed by atoms with Gasteiger partial charge < -0.3 is 9.64 Å². The monoisotopic (exact) mass is 405 g/mol. The molecule has 2 aromatic carbocycles. The number of benzene rings is 2. The fourth-order valence-electron chi connectivity index (χ4n) is 2.96. The lowest BCUT2D eigenvalue weighted by Gasteiger charge is -2.34. The zero-order valence-electron chi connectivity index (χ0n) is 15.1. The average Bonchev–Trinajstić information content (AvgIpc) is 2.73. The van der Waals surface area contributed by atoms with E-state index in [1.54, 1.807) is 29.2 Å². The molecule has 1 saturated heterocycles. The van der Waals surface area contributed by atoms with Crippen LogP contribution in [-0.2, 0) is 10.0 Å². The highest BCUT2D eigenvalue weighted by atomic mass is 32.2. The lowest BCUT2D eigenvalue weighted by Crippen LogP contribution is -2.50. The predicted octanol–water partition coefficient (Wildman–Crippen LogP) is 1.75. The Hall–Kier alpha value is -2.98. The molecule has 3 rings (SSSR count). The Morgan fingerprint density at radius 1 is 1.07 bits per heavy atom. The van der Waals surface area contributed by atoms with Crippen molar-refractivity contribution < 1.29 is 22.9 Å². The topological polar surface area (TPSA) is 110 Å². The maximum Gasteiger partial charge on any atom is 0.269 e. The van der Waals surface area contributed by atoms with E-state index in [1.165, 1.54) is 23.5 Å². The van der Waals surface area contributed by atoms with Gasteiger partial charge in [0, 0.05) is 43.9 Å². The lowest BCUT2D eigenvalue weighted by molar-refractivity contribution is -0.384. The molecule has 0 atom stereocenters. The van der Waals surface area contributed by atoms with Crippen molar-refractivity contribution in [2.24, 2.45) is 0 Å². The van der Waals surface area contributed by atoms with Crippen molar-refractivity contribution in [2.45, 2.75) is 4.90 Å². The summed E-state index contributed by atoms with van der Waals surface area (Å²) >= 11 is 0. The van der Waals surface area contributed by atoms with Crippen LogP contribution < -0.4 is 4.74 Å². The number of nitro groups is 1. The van der Waals surface area contributed by atoms with Crippen LogP contribution in [0.25, 0.3) is 0 Å².